The minimum Gasteiger partial charge on any atom is -0.478 e. The second kappa shape index (κ2) is 5.88. The summed E-state index contributed by atoms with van der Waals surface area (Å²) in [6, 6.07) is 2.40. The standard InChI is InChI=1S/C12H13N3O4S2/c1-8-13-6-10(20-8)7-15(2)21(18,19)11-4-3-9(5-14-11)12(16)17/h3-6H,7H2,1-2H3,(H,16,17). The Labute approximate surface area is 126 Å². The molecule has 0 aliphatic carbocycles. The van der Waals surface area contributed by atoms with Crippen molar-refractivity contribution in [2.24, 2.45) is 0 Å². The number of aromatic nitrogens is 2. The zero-order valence-electron chi connectivity index (χ0n) is 11.3. The molecule has 2 aromatic rings. The van der Waals surface area contributed by atoms with E-state index in [0.29, 0.717) is 0 Å². The summed E-state index contributed by atoms with van der Waals surface area (Å²) in [7, 11) is -2.32. The van der Waals surface area contributed by atoms with Crippen molar-refractivity contribution < 1.29 is 18.3 Å². The van der Waals surface area contributed by atoms with Crippen LogP contribution in [0.25, 0.3) is 0 Å². The highest BCUT2D eigenvalue weighted by Gasteiger charge is 2.23. The van der Waals surface area contributed by atoms with Gasteiger partial charge in [-0.2, -0.15) is 4.31 Å². The van der Waals surface area contributed by atoms with Gasteiger partial charge in [-0.05, 0) is 19.1 Å². The molecule has 0 aliphatic heterocycles. The fourth-order valence-corrected chi connectivity index (χ4v) is 3.59. The molecular formula is C12H13N3O4S2. The van der Waals surface area contributed by atoms with Crippen LogP contribution in [-0.4, -0.2) is 40.8 Å². The van der Waals surface area contributed by atoms with Gasteiger partial charge < -0.3 is 5.11 Å². The maximum Gasteiger partial charge on any atom is 0.337 e. The van der Waals surface area contributed by atoms with Crippen molar-refractivity contribution in [3.8, 4) is 0 Å². The lowest BCUT2D eigenvalue weighted by Gasteiger charge is -2.15. The Morgan fingerprint density at radius 2 is 2.05 bits per heavy atom. The average Bonchev–Trinajstić information content (AvgIpc) is 2.84. The molecule has 0 unspecified atom stereocenters. The van der Waals surface area contributed by atoms with Gasteiger partial charge in [-0.1, -0.05) is 0 Å². The number of carbonyl (C=O) groups is 1. The largest absolute Gasteiger partial charge is 0.478 e. The van der Waals surface area contributed by atoms with E-state index in [-0.39, 0.29) is 17.1 Å². The van der Waals surface area contributed by atoms with Crippen molar-refractivity contribution in [1.82, 2.24) is 14.3 Å². The van der Waals surface area contributed by atoms with Gasteiger partial charge in [-0.25, -0.2) is 23.2 Å². The highest BCUT2D eigenvalue weighted by molar-refractivity contribution is 7.89. The van der Waals surface area contributed by atoms with Gasteiger partial charge in [0.05, 0.1) is 10.6 Å². The molecule has 2 heterocycles. The Kier molecular flexibility index (Phi) is 4.35. The summed E-state index contributed by atoms with van der Waals surface area (Å²) in [5.41, 5.74) is -0.0605. The Morgan fingerprint density at radius 1 is 1.33 bits per heavy atom. The van der Waals surface area contributed by atoms with Gasteiger partial charge in [-0.3, -0.25) is 0 Å². The van der Waals surface area contributed by atoms with Gasteiger partial charge in [0.15, 0.2) is 5.03 Å². The molecule has 0 fully saturated rings. The van der Waals surface area contributed by atoms with E-state index in [1.54, 1.807) is 6.20 Å². The van der Waals surface area contributed by atoms with Crippen LogP contribution in [0.4, 0.5) is 0 Å². The smallest absolute Gasteiger partial charge is 0.337 e. The lowest BCUT2D eigenvalue weighted by Crippen LogP contribution is -2.27. The Morgan fingerprint density at radius 3 is 2.52 bits per heavy atom. The van der Waals surface area contributed by atoms with Crippen LogP contribution >= 0.6 is 11.3 Å². The van der Waals surface area contributed by atoms with Crippen molar-refractivity contribution in [1.29, 1.82) is 0 Å². The van der Waals surface area contributed by atoms with Crippen LogP contribution in [0.2, 0.25) is 0 Å². The van der Waals surface area contributed by atoms with Crippen molar-refractivity contribution in [2.75, 3.05) is 7.05 Å². The number of sulfonamides is 1. The van der Waals surface area contributed by atoms with Crippen LogP contribution in [0.1, 0.15) is 20.2 Å². The number of aromatic carboxylic acids is 1. The average molecular weight is 327 g/mol. The van der Waals surface area contributed by atoms with Crippen molar-refractivity contribution in [3.63, 3.8) is 0 Å². The summed E-state index contributed by atoms with van der Waals surface area (Å²) in [4.78, 5) is 19.3. The molecule has 112 valence electrons. The first-order valence-electron chi connectivity index (χ1n) is 5.87. The number of pyridine rings is 1. The predicted molar refractivity (Wildman–Crippen MR) is 76.7 cm³/mol. The van der Waals surface area contributed by atoms with Crippen molar-refractivity contribution in [2.45, 2.75) is 18.5 Å². The lowest BCUT2D eigenvalue weighted by molar-refractivity contribution is 0.0696. The number of hydrogen-bond acceptors (Lipinski definition) is 6. The second-order valence-corrected chi connectivity index (χ2v) is 7.61. The first-order chi connectivity index (χ1) is 9.80. The molecule has 21 heavy (non-hydrogen) atoms. The highest BCUT2D eigenvalue weighted by atomic mass is 32.2. The number of carboxylic acid groups (broad SMARTS) is 1. The van der Waals surface area contributed by atoms with Crippen LogP contribution < -0.4 is 0 Å². The number of carboxylic acids is 1. The number of aryl methyl sites for hydroxylation is 1. The van der Waals surface area contributed by atoms with E-state index in [9.17, 15) is 13.2 Å². The van der Waals surface area contributed by atoms with E-state index in [1.807, 2.05) is 6.92 Å². The molecule has 0 bridgehead atoms. The molecule has 0 aromatic carbocycles. The summed E-state index contributed by atoms with van der Waals surface area (Å²) in [5, 5.41) is 9.46. The van der Waals surface area contributed by atoms with Crippen LogP contribution in [0.15, 0.2) is 29.6 Å². The van der Waals surface area contributed by atoms with E-state index in [2.05, 4.69) is 9.97 Å². The summed E-state index contributed by atoms with van der Waals surface area (Å²) >= 11 is 1.42. The van der Waals surface area contributed by atoms with E-state index >= 15 is 0 Å². The second-order valence-electron chi connectivity index (χ2n) is 4.30. The van der Waals surface area contributed by atoms with Crippen LogP contribution in [0.3, 0.4) is 0 Å². The fraction of sp³-hybridized carbons (Fsp3) is 0.250. The number of hydrogen-bond donors (Lipinski definition) is 1. The molecule has 7 nitrogen and oxygen atoms in total. The quantitative estimate of drug-likeness (QED) is 0.890. The molecule has 2 rings (SSSR count). The summed E-state index contributed by atoms with van der Waals surface area (Å²) < 4.78 is 25.8. The molecule has 9 heteroatoms. The van der Waals surface area contributed by atoms with Gasteiger partial charge in [0.1, 0.15) is 0 Å². The zero-order chi connectivity index (χ0) is 15.6. The van der Waals surface area contributed by atoms with Crippen molar-refractivity contribution >= 4 is 27.3 Å². The summed E-state index contributed by atoms with van der Waals surface area (Å²) in [6.45, 7) is 2.03. The minimum absolute atomic E-state index is 0.0605. The van der Waals surface area contributed by atoms with Gasteiger partial charge in [0.2, 0.25) is 0 Å². The molecule has 0 radical (unpaired) electrons. The molecule has 2 aromatic heterocycles. The van der Waals surface area contributed by atoms with E-state index in [1.165, 1.54) is 30.5 Å². The maximum absolute atomic E-state index is 12.3. The molecule has 1 N–H and O–H groups in total. The predicted octanol–water partition coefficient (Wildman–Crippen LogP) is 1.37. The number of rotatable bonds is 5. The van der Waals surface area contributed by atoms with Crippen LogP contribution in [0.5, 0.6) is 0 Å². The molecule has 0 saturated carbocycles. The SMILES string of the molecule is Cc1ncc(CN(C)S(=O)(=O)c2ccc(C(=O)O)cn2)s1. The molecule has 0 saturated heterocycles. The molecule has 0 amide bonds. The fourth-order valence-electron chi connectivity index (χ4n) is 1.60. The Balaban J connectivity index is 2.22. The first kappa shape index (κ1) is 15.5. The van der Waals surface area contributed by atoms with E-state index in [4.69, 9.17) is 5.11 Å². The zero-order valence-corrected chi connectivity index (χ0v) is 13.0. The third kappa shape index (κ3) is 3.43. The van der Waals surface area contributed by atoms with E-state index in [0.717, 1.165) is 20.4 Å². The highest BCUT2D eigenvalue weighted by Crippen LogP contribution is 2.18. The van der Waals surface area contributed by atoms with Gasteiger partial charge >= 0.3 is 5.97 Å². The Bertz CT molecular complexity index is 753. The van der Waals surface area contributed by atoms with Gasteiger partial charge in [0.25, 0.3) is 10.0 Å². The maximum atomic E-state index is 12.3. The molecule has 0 aliphatic rings. The lowest BCUT2D eigenvalue weighted by atomic mass is 10.3. The third-order valence-electron chi connectivity index (χ3n) is 2.71. The third-order valence-corrected chi connectivity index (χ3v) is 5.32. The molecule has 0 atom stereocenters. The van der Waals surface area contributed by atoms with Crippen LogP contribution in [-0.2, 0) is 16.6 Å². The van der Waals surface area contributed by atoms with E-state index < -0.39 is 16.0 Å². The summed E-state index contributed by atoms with van der Waals surface area (Å²) in [5.74, 6) is -1.15. The van der Waals surface area contributed by atoms with Gasteiger partial charge in [-0.15, -0.1) is 11.3 Å². The monoisotopic (exact) mass is 327 g/mol. The molecular weight excluding hydrogens is 314 g/mol. The molecule has 0 spiro atoms. The first-order valence-corrected chi connectivity index (χ1v) is 8.13. The topological polar surface area (TPSA) is 100 Å². The van der Waals surface area contributed by atoms with Crippen molar-refractivity contribution in [3.05, 3.63) is 40.0 Å². The summed E-state index contributed by atoms with van der Waals surface area (Å²) in [6.07, 6.45) is 2.66. The number of nitrogens with zero attached hydrogens (tertiary/aromatic N) is 3. The minimum atomic E-state index is -3.76. The normalized spacial score (nSPS) is 11.8. The Hall–Kier alpha value is -1.84. The number of thiazole rings is 1. The van der Waals surface area contributed by atoms with Gasteiger partial charge in [0, 0.05) is 30.9 Å². The van der Waals surface area contributed by atoms with Crippen LogP contribution in [0, 0.1) is 6.92 Å².